The smallest absolute Gasteiger partial charge is 0.257 e. The molecule has 25 heavy (non-hydrogen) atoms. The molecule has 0 aromatic carbocycles. The molecule has 2 aromatic heterocycles. The van der Waals surface area contributed by atoms with Gasteiger partial charge in [-0.15, -0.1) is 0 Å². The zero-order valence-electron chi connectivity index (χ0n) is 14.6. The second kappa shape index (κ2) is 6.64. The third-order valence-electron chi connectivity index (χ3n) is 4.33. The molecule has 0 unspecified atom stereocenters. The van der Waals surface area contributed by atoms with E-state index in [1.54, 1.807) is 31.9 Å². The summed E-state index contributed by atoms with van der Waals surface area (Å²) >= 11 is 0. The van der Waals surface area contributed by atoms with Crippen molar-refractivity contribution in [2.24, 2.45) is 7.05 Å². The van der Waals surface area contributed by atoms with E-state index in [0.717, 1.165) is 0 Å². The number of aromatic nitrogens is 2. The van der Waals surface area contributed by atoms with Crippen LogP contribution in [0.4, 0.5) is 0 Å². The Kier molecular flexibility index (Phi) is 4.70. The van der Waals surface area contributed by atoms with Crippen molar-refractivity contribution in [3.05, 3.63) is 35.5 Å². The summed E-state index contributed by atoms with van der Waals surface area (Å²) in [4.78, 5) is 14.6. The molecule has 0 spiro atoms. The van der Waals surface area contributed by atoms with E-state index < -0.39 is 10.0 Å². The number of nitrogens with zero attached hydrogens (tertiary/aromatic N) is 4. The van der Waals surface area contributed by atoms with E-state index in [1.165, 1.54) is 21.4 Å². The minimum atomic E-state index is -3.59. The molecule has 1 aliphatic rings. The first-order chi connectivity index (χ1) is 11.8. The monoisotopic (exact) mass is 366 g/mol. The summed E-state index contributed by atoms with van der Waals surface area (Å²) in [7, 11) is -1.91. The maximum atomic E-state index is 12.7. The van der Waals surface area contributed by atoms with Gasteiger partial charge in [-0.2, -0.15) is 9.40 Å². The first-order valence-corrected chi connectivity index (χ1v) is 9.58. The zero-order valence-corrected chi connectivity index (χ0v) is 15.4. The highest BCUT2D eigenvalue weighted by Crippen LogP contribution is 2.20. The second-order valence-electron chi connectivity index (χ2n) is 6.23. The van der Waals surface area contributed by atoms with Crippen LogP contribution in [0.2, 0.25) is 0 Å². The summed E-state index contributed by atoms with van der Waals surface area (Å²) in [6.45, 7) is 5.07. The van der Waals surface area contributed by atoms with E-state index in [1.807, 2.05) is 0 Å². The van der Waals surface area contributed by atoms with Crippen molar-refractivity contribution < 1.29 is 17.6 Å². The van der Waals surface area contributed by atoms with Crippen LogP contribution in [0, 0.1) is 13.8 Å². The number of carbonyl (C=O) groups is 1. The van der Waals surface area contributed by atoms with E-state index in [9.17, 15) is 13.2 Å². The Morgan fingerprint density at radius 3 is 2.56 bits per heavy atom. The summed E-state index contributed by atoms with van der Waals surface area (Å²) in [5, 5.41) is 3.93. The maximum Gasteiger partial charge on any atom is 0.257 e. The Labute approximate surface area is 147 Å². The predicted molar refractivity (Wildman–Crippen MR) is 90.7 cm³/mol. The van der Waals surface area contributed by atoms with E-state index in [2.05, 4.69) is 5.10 Å². The molecule has 0 saturated carbocycles. The minimum Gasteiger partial charge on any atom is -0.466 e. The molecule has 3 heterocycles. The van der Waals surface area contributed by atoms with Crippen LogP contribution < -0.4 is 0 Å². The molecule has 0 N–H and O–H groups in total. The molecule has 9 heteroatoms. The van der Waals surface area contributed by atoms with E-state index in [0.29, 0.717) is 43.1 Å². The quantitative estimate of drug-likeness (QED) is 0.813. The number of rotatable bonds is 3. The summed E-state index contributed by atoms with van der Waals surface area (Å²) in [5.74, 6) is 1.16. The number of aryl methyl sites for hydroxylation is 3. The van der Waals surface area contributed by atoms with Gasteiger partial charge >= 0.3 is 0 Å². The fraction of sp³-hybridized carbons (Fsp3) is 0.500. The second-order valence-corrected chi connectivity index (χ2v) is 8.16. The summed E-state index contributed by atoms with van der Waals surface area (Å²) < 4.78 is 33.7. The number of furan rings is 1. The lowest BCUT2D eigenvalue weighted by Crippen LogP contribution is -2.37. The fourth-order valence-electron chi connectivity index (χ4n) is 3.03. The standard InChI is InChI=1S/C16H22N4O4S/c1-12-9-15(13(2)24-12)16(21)19-5-4-6-20(8-7-19)25(22,23)14-10-17-18(3)11-14/h9-11H,4-8H2,1-3H3. The number of sulfonamides is 1. The molecule has 2 aromatic rings. The summed E-state index contributed by atoms with van der Waals surface area (Å²) in [5.41, 5.74) is 0.543. The highest BCUT2D eigenvalue weighted by Gasteiger charge is 2.30. The van der Waals surface area contributed by atoms with Gasteiger partial charge in [0.25, 0.3) is 5.91 Å². The van der Waals surface area contributed by atoms with Crippen molar-refractivity contribution in [3.63, 3.8) is 0 Å². The average Bonchev–Trinajstić information content (AvgIpc) is 3.03. The molecular formula is C16H22N4O4S. The van der Waals surface area contributed by atoms with Gasteiger partial charge in [-0.3, -0.25) is 9.48 Å². The number of carbonyl (C=O) groups excluding carboxylic acids is 1. The highest BCUT2D eigenvalue weighted by atomic mass is 32.2. The van der Waals surface area contributed by atoms with Crippen molar-refractivity contribution in [1.29, 1.82) is 0 Å². The number of hydrogen-bond acceptors (Lipinski definition) is 5. The van der Waals surface area contributed by atoms with Gasteiger partial charge in [0.2, 0.25) is 10.0 Å². The van der Waals surface area contributed by atoms with E-state index >= 15 is 0 Å². The van der Waals surface area contributed by atoms with Gasteiger partial charge in [-0.1, -0.05) is 0 Å². The molecule has 3 rings (SSSR count). The maximum absolute atomic E-state index is 12.7. The Morgan fingerprint density at radius 1 is 1.20 bits per heavy atom. The van der Waals surface area contributed by atoms with Crippen LogP contribution in [0.3, 0.4) is 0 Å². The lowest BCUT2D eigenvalue weighted by Gasteiger charge is -2.21. The normalized spacial score (nSPS) is 16.8. The van der Waals surface area contributed by atoms with Crippen molar-refractivity contribution in [2.75, 3.05) is 26.2 Å². The molecule has 136 valence electrons. The summed E-state index contributed by atoms with van der Waals surface area (Å²) in [6.07, 6.45) is 3.42. The van der Waals surface area contributed by atoms with Crippen LogP contribution in [0.1, 0.15) is 28.3 Å². The van der Waals surface area contributed by atoms with E-state index in [-0.39, 0.29) is 17.3 Å². The Hall–Kier alpha value is -2.13. The first-order valence-electron chi connectivity index (χ1n) is 8.14. The molecule has 1 amide bonds. The van der Waals surface area contributed by atoms with Crippen molar-refractivity contribution in [3.8, 4) is 0 Å². The van der Waals surface area contributed by atoms with Gasteiger partial charge in [-0.25, -0.2) is 8.42 Å². The van der Waals surface area contributed by atoms with Crippen molar-refractivity contribution >= 4 is 15.9 Å². The molecule has 1 saturated heterocycles. The molecule has 1 fully saturated rings. The molecule has 1 aliphatic heterocycles. The molecule has 0 aliphatic carbocycles. The third-order valence-corrected chi connectivity index (χ3v) is 6.18. The Balaban J connectivity index is 1.74. The van der Waals surface area contributed by atoms with Crippen LogP contribution in [0.25, 0.3) is 0 Å². The van der Waals surface area contributed by atoms with Crippen molar-refractivity contribution in [2.45, 2.75) is 25.2 Å². The zero-order chi connectivity index (χ0) is 18.2. The van der Waals surface area contributed by atoms with Gasteiger partial charge in [0.1, 0.15) is 16.4 Å². The first kappa shape index (κ1) is 17.7. The Morgan fingerprint density at radius 2 is 1.96 bits per heavy atom. The molecular weight excluding hydrogens is 344 g/mol. The number of hydrogen-bond donors (Lipinski definition) is 0. The molecule has 8 nitrogen and oxygen atoms in total. The van der Waals surface area contributed by atoms with Crippen LogP contribution in [0.5, 0.6) is 0 Å². The van der Waals surface area contributed by atoms with Gasteiger partial charge in [0.05, 0.1) is 11.8 Å². The fourth-order valence-corrected chi connectivity index (χ4v) is 4.49. The Bertz CT molecular complexity index is 884. The van der Waals surface area contributed by atoms with Gasteiger partial charge < -0.3 is 9.32 Å². The van der Waals surface area contributed by atoms with Gasteiger partial charge in [0.15, 0.2) is 0 Å². The molecule has 0 radical (unpaired) electrons. The van der Waals surface area contributed by atoms with Crippen LogP contribution >= 0.6 is 0 Å². The van der Waals surface area contributed by atoms with Crippen LogP contribution in [-0.2, 0) is 17.1 Å². The predicted octanol–water partition coefficient (Wildman–Crippen LogP) is 1.17. The lowest BCUT2D eigenvalue weighted by molar-refractivity contribution is 0.0762. The van der Waals surface area contributed by atoms with Gasteiger partial charge in [-0.05, 0) is 26.3 Å². The average molecular weight is 366 g/mol. The van der Waals surface area contributed by atoms with Gasteiger partial charge in [0, 0.05) is 39.4 Å². The van der Waals surface area contributed by atoms with Crippen LogP contribution in [-0.4, -0.2) is 59.5 Å². The molecule has 0 bridgehead atoms. The lowest BCUT2D eigenvalue weighted by atomic mass is 10.2. The SMILES string of the molecule is Cc1cc(C(=O)N2CCCN(S(=O)(=O)c3cnn(C)c3)CC2)c(C)o1. The summed E-state index contributed by atoms with van der Waals surface area (Å²) in [6, 6.07) is 1.73. The minimum absolute atomic E-state index is 0.116. The topological polar surface area (TPSA) is 88.7 Å². The van der Waals surface area contributed by atoms with Crippen molar-refractivity contribution in [1.82, 2.24) is 19.0 Å². The largest absolute Gasteiger partial charge is 0.466 e. The molecule has 0 atom stereocenters. The third kappa shape index (κ3) is 3.47. The highest BCUT2D eigenvalue weighted by molar-refractivity contribution is 7.89. The van der Waals surface area contributed by atoms with Crippen LogP contribution in [0.15, 0.2) is 27.8 Å². The van der Waals surface area contributed by atoms with E-state index in [4.69, 9.17) is 4.42 Å². The number of amides is 1.